The molecule has 0 aliphatic rings. The Labute approximate surface area is 118 Å². The van der Waals surface area contributed by atoms with Gasteiger partial charge in [0.1, 0.15) is 18.0 Å². The number of anilines is 1. The van der Waals surface area contributed by atoms with E-state index in [4.69, 9.17) is 16.3 Å². The summed E-state index contributed by atoms with van der Waals surface area (Å²) in [5.74, 6) is -1.43. The van der Waals surface area contributed by atoms with Crippen LogP contribution in [0.1, 0.15) is 0 Å². The fourth-order valence-electron chi connectivity index (χ4n) is 1.49. The van der Waals surface area contributed by atoms with Gasteiger partial charge in [-0.05, 0) is 0 Å². The average molecular weight is 313 g/mol. The molecule has 0 unspecified atom stereocenters. The van der Waals surface area contributed by atoms with E-state index in [9.17, 15) is 22.9 Å². The molecule has 0 atom stereocenters. The lowest BCUT2D eigenvalue weighted by Gasteiger charge is -2.17. The lowest BCUT2D eigenvalue weighted by atomic mass is 10.3. The zero-order valence-corrected chi connectivity index (χ0v) is 11.2. The number of sulfonamides is 1. The van der Waals surface area contributed by atoms with Crippen LogP contribution in [-0.2, 0) is 10.0 Å². The number of rotatable bonds is 5. The second-order valence-corrected chi connectivity index (χ2v) is 5.57. The Hall–Kier alpha value is -2.76. The van der Waals surface area contributed by atoms with E-state index in [0.29, 0.717) is 16.4 Å². The van der Waals surface area contributed by atoms with Gasteiger partial charge in [0.05, 0.1) is 28.8 Å². The summed E-state index contributed by atoms with van der Waals surface area (Å²) in [6.07, 6.45) is 0. The van der Waals surface area contributed by atoms with Crippen molar-refractivity contribution < 1.29 is 17.7 Å². The Kier molecular flexibility index (Phi) is 4.75. The van der Waals surface area contributed by atoms with Gasteiger partial charge < -0.3 is 5.73 Å². The highest BCUT2D eigenvalue weighted by Gasteiger charge is 2.31. The number of hydrogen-bond donors (Lipinski definition) is 1. The van der Waals surface area contributed by atoms with Crippen LogP contribution in [0.3, 0.4) is 0 Å². The number of non-ortho nitro benzene ring substituents is 1. The van der Waals surface area contributed by atoms with Crippen molar-refractivity contribution in [2.45, 2.75) is 4.90 Å². The number of benzene rings is 1. The molecule has 0 aliphatic heterocycles. The van der Waals surface area contributed by atoms with Gasteiger partial charge in [-0.25, -0.2) is 12.8 Å². The lowest BCUT2D eigenvalue weighted by Crippen LogP contribution is -2.33. The topological polar surface area (TPSA) is 154 Å². The van der Waals surface area contributed by atoms with Crippen LogP contribution in [0.25, 0.3) is 0 Å². The van der Waals surface area contributed by atoms with Gasteiger partial charge in [0, 0.05) is 6.07 Å². The molecule has 1 aromatic rings. The standard InChI is InChI=1S/C10H8FN5O4S/c11-8-5-7(16(17)18)6-9(14)10(8)21(19,20)15(3-1-12)4-2-13/h5-6H,3-4,14H2. The fraction of sp³-hybridized carbons (Fsp3) is 0.200. The minimum Gasteiger partial charge on any atom is -0.397 e. The molecule has 1 rings (SSSR count). The number of hydrogen-bond acceptors (Lipinski definition) is 7. The number of nitro benzene ring substituents is 1. The third-order valence-corrected chi connectivity index (χ3v) is 4.24. The van der Waals surface area contributed by atoms with E-state index in [1.165, 1.54) is 12.1 Å². The van der Waals surface area contributed by atoms with Gasteiger partial charge in [-0.2, -0.15) is 14.8 Å². The first-order chi connectivity index (χ1) is 9.75. The van der Waals surface area contributed by atoms with Crippen LogP contribution in [0.2, 0.25) is 0 Å². The molecule has 0 saturated heterocycles. The van der Waals surface area contributed by atoms with Crippen molar-refractivity contribution in [2.24, 2.45) is 0 Å². The molecular weight excluding hydrogens is 305 g/mol. The van der Waals surface area contributed by atoms with Gasteiger partial charge in [0.25, 0.3) is 5.69 Å². The number of halogens is 1. The van der Waals surface area contributed by atoms with E-state index < -0.39 is 50.1 Å². The molecule has 0 heterocycles. The molecule has 0 bridgehead atoms. The first kappa shape index (κ1) is 16.3. The summed E-state index contributed by atoms with van der Waals surface area (Å²) in [4.78, 5) is 8.61. The van der Waals surface area contributed by atoms with Crippen molar-refractivity contribution in [1.29, 1.82) is 10.5 Å². The number of nitro groups is 1. The van der Waals surface area contributed by atoms with Crippen LogP contribution in [0, 0.1) is 38.6 Å². The van der Waals surface area contributed by atoms with Crippen molar-refractivity contribution in [2.75, 3.05) is 18.8 Å². The van der Waals surface area contributed by atoms with Crippen molar-refractivity contribution in [3.05, 3.63) is 28.1 Å². The minimum atomic E-state index is -4.56. The number of nitriles is 2. The fourth-order valence-corrected chi connectivity index (χ4v) is 2.87. The Morgan fingerprint density at radius 3 is 2.24 bits per heavy atom. The van der Waals surface area contributed by atoms with E-state index in [1.807, 2.05) is 0 Å². The van der Waals surface area contributed by atoms with Gasteiger partial charge in [0.2, 0.25) is 10.0 Å². The summed E-state index contributed by atoms with van der Waals surface area (Å²) < 4.78 is 38.6. The Morgan fingerprint density at radius 2 is 1.86 bits per heavy atom. The second kappa shape index (κ2) is 6.13. The predicted molar refractivity (Wildman–Crippen MR) is 67.5 cm³/mol. The quantitative estimate of drug-likeness (QED) is 0.356. The van der Waals surface area contributed by atoms with Crippen molar-refractivity contribution in [3.63, 3.8) is 0 Å². The third-order valence-electron chi connectivity index (χ3n) is 2.36. The number of nitrogens with two attached hydrogens (primary N) is 1. The van der Waals surface area contributed by atoms with E-state index >= 15 is 0 Å². The van der Waals surface area contributed by atoms with Gasteiger partial charge in [-0.1, -0.05) is 0 Å². The smallest absolute Gasteiger partial charge is 0.274 e. The molecule has 110 valence electrons. The zero-order chi connectivity index (χ0) is 16.2. The van der Waals surface area contributed by atoms with Crippen LogP contribution in [0.4, 0.5) is 15.8 Å². The van der Waals surface area contributed by atoms with E-state index in [1.54, 1.807) is 0 Å². The van der Waals surface area contributed by atoms with Crippen LogP contribution < -0.4 is 5.73 Å². The summed E-state index contributed by atoms with van der Waals surface area (Å²) in [5, 5.41) is 27.6. The van der Waals surface area contributed by atoms with E-state index in [-0.39, 0.29) is 0 Å². The zero-order valence-electron chi connectivity index (χ0n) is 10.4. The molecule has 2 N–H and O–H groups in total. The number of nitrogens with zero attached hydrogens (tertiary/aromatic N) is 4. The van der Waals surface area contributed by atoms with Crippen molar-refractivity contribution in [3.8, 4) is 12.1 Å². The molecule has 0 radical (unpaired) electrons. The summed E-state index contributed by atoms with van der Waals surface area (Å²) in [6, 6.07) is 4.13. The highest BCUT2D eigenvalue weighted by Crippen LogP contribution is 2.29. The maximum absolute atomic E-state index is 13.9. The van der Waals surface area contributed by atoms with Crippen LogP contribution >= 0.6 is 0 Å². The van der Waals surface area contributed by atoms with Crippen LogP contribution in [0.15, 0.2) is 17.0 Å². The van der Waals surface area contributed by atoms with Crippen LogP contribution in [-0.4, -0.2) is 30.7 Å². The largest absolute Gasteiger partial charge is 0.397 e. The molecule has 0 spiro atoms. The van der Waals surface area contributed by atoms with Crippen LogP contribution in [0.5, 0.6) is 0 Å². The van der Waals surface area contributed by atoms with E-state index in [0.717, 1.165) is 0 Å². The molecule has 0 fully saturated rings. The first-order valence-corrected chi connectivity index (χ1v) is 6.67. The second-order valence-electron chi connectivity index (χ2n) is 3.69. The maximum atomic E-state index is 13.9. The summed E-state index contributed by atoms with van der Waals surface area (Å²) in [7, 11) is -4.56. The third kappa shape index (κ3) is 3.22. The van der Waals surface area contributed by atoms with Gasteiger partial charge in [-0.3, -0.25) is 10.1 Å². The number of nitrogen functional groups attached to an aromatic ring is 1. The SMILES string of the molecule is N#CCN(CC#N)S(=O)(=O)c1c(N)cc([N+](=O)[O-])cc1F. The first-order valence-electron chi connectivity index (χ1n) is 5.23. The van der Waals surface area contributed by atoms with Crippen molar-refractivity contribution >= 4 is 21.4 Å². The molecule has 0 aliphatic carbocycles. The Bertz CT molecular complexity index is 726. The predicted octanol–water partition coefficient (Wildman–Crippen LogP) is 0.354. The Morgan fingerprint density at radius 1 is 1.33 bits per heavy atom. The molecule has 0 aromatic heterocycles. The average Bonchev–Trinajstić information content (AvgIpc) is 2.37. The van der Waals surface area contributed by atoms with Crippen molar-refractivity contribution in [1.82, 2.24) is 4.31 Å². The molecule has 9 nitrogen and oxygen atoms in total. The molecule has 0 saturated carbocycles. The van der Waals surface area contributed by atoms with Gasteiger partial charge >= 0.3 is 0 Å². The lowest BCUT2D eigenvalue weighted by molar-refractivity contribution is -0.385. The Balaban J connectivity index is 3.49. The minimum absolute atomic E-state index is 0.403. The van der Waals surface area contributed by atoms with Gasteiger partial charge in [0.15, 0.2) is 5.82 Å². The van der Waals surface area contributed by atoms with E-state index in [2.05, 4.69) is 0 Å². The summed E-state index contributed by atoms with van der Waals surface area (Å²) >= 11 is 0. The molecule has 1 aromatic carbocycles. The molecule has 21 heavy (non-hydrogen) atoms. The molecular formula is C10H8FN5O4S. The highest BCUT2D eigenvalue weighted by atomic mass is 32.2. The summed E-state index contributed by atoms with van der Waals surface area (Å²) in [6.45, 7) is -1.38. The maximum Gasteiger partial charge on any atom is 0.274 e. The molecule has 11 heteroatoms. The van der Waals surface area contributed by atoms with Gasteiger partial charge in [-0.15, -0.1) is 0 Å². The monoisotopic (exact) mass is 313 g/mol. The highest BCUT2D eigenvalue weighted by molar-refractivity contribution is 7.89. The normalized spacial score (nSPS) is 10.9. The summed E-state index contributed by atoms with van der Waals surface area (Å²) in [5.41, 5.74) is 3.97. The molecule has 0 amide bonds.